The van der Waals surface area contributed by atoms with Crippen molar-refractivity contribution in [3.05, 3.63) is 89.3 Å². The van der Waals surface area contributed by atoms with E-state index >= 15 is 0 Å². The van der Waals surface area contributed by atoms with Crippen LogP contribution in [0.4, 0.5) is 0 Å². The Morgan fingerprint density at radius 3 is 1.79 bits per heavy atom. The van der Waals surface area contributed by atoms with Crippen LogP contribution in [0.15, 0.2) is 39.3 Å². The summed E-state index contributed by atoms with van der Waals surface area (Å²) in [7, 11) is 0. The third-order valence-corrected chi connectivity index (χ3v) is 7.71. The number of carboxylic acid groups (broad SMARTS) is 1. The summed E-state index contributed by atoms with van der Waals surface area (Å²) in [5.74, 6) is -1.60. The number of carboxylic acids is 1. The molecule has 0 fully saturated rings. The Balaban J connectivity index is 2.27. The molecule has 33 heavy (non-hydrogen) atoms. The normalized spacial score (nSPS) is 14.2. The van der Waals surface area contributed by atoms with Crippen LogP contribution in [-0.2, 0) is 10.3 Å². The summed E-state index contributed by atoms with van der Waals surface area (Å²) in [5.41, 5.74) is 2.71. The number of aromatic hydroxyl groups is 2. The molecule has 0 bridgehead atoms. The van der Waals surface area contributed by atoms with Crippen molar-refractivity contribution in [3.8, 4) is 11.5 Å². The van der Waals surface area contributed by atoms with Gasteiger partial charge in [0.15, 0.2) is 5.60 Å². The molecule has 0 saturated heterocycles. The topological polar surface area (TPSA) is 104 Å². The maximum absolute atomic E-state index is 13.2. The number of rotatable bonds is 3. The summed E-state index contributed by atoms with van der Waals surface area (Å²) < 4.78 is 7.16. The van der Waals surface area contributed by atoms with E-state index in [1.165, 1.54) is 30.3 Å². The third-order valence-electron chi connectivity index (χ3n) is 6.46. The molecule has 3 aromatic rings. The van der Waals surface area contributed by atoms with Crippen LogP contribution in [0.2, 0.25) is 0 Å². The van der Waals surface area contributed by atoms with Gasteiger partial charge in [-0.05, 0) is 80.3 Å². The van der Waals surface area contributed by atoms with Crippen molar-refractivity contribution in [1.29, 1.82) is 0 Å². The number of fused-ring (bicyclic) bond motifs is 1. The Hall–Kier alpha value is -2.84. The van der Waals surface area contributed by atoms with Crippen molar-refractivity contribution in [3.63, 3.8) is 0 Å². The minimum atomic E-state index is -1.54. The number of hydrogen-bond donors (Lipinski definition) is 3. The lowest BCUT2D eigenvalue weighted by atomic mass is 9.74. The molecule has 3 N–H and O–H groups in total. The highest BCUT2D eigenvalue weighted by Gasteiger charge is 2.53. The summed E-state index contributed by atoms with van der Waals surface area (Å²) in [4.78, 5) is 25.0. The highest BCUT2D eigenvalue weighted by molar-refractivity contribution is 9.10. The fraction of sp³-hybridized carbons (Fsp3) is 0.200. The highest BCUT2D eigenvalue weighted by Crippen LogP contribution is 2.55. The van der Waals surface area contributed by atoms with Crippen molar-refractivity contribution < 1.29 is 29.6 Å². The van der Waals surface area contributed by atoms with Gasteiger partial charge in [-0.1, -0.05) is 31.9 Å². The van der Waals surface area contributed by atoms with E-state index < -0.39 is 17.5 Å². The molecule has 6 nitrogen and oxygen atoms in total. The monoisotopic (exact) mass is 574 g/mol. The summed E-state index contributed by atoms with van der Waals surface area (Å²) in [6.45, 7) is 7.12. The van der Waals surface area contributed by atoms with Crippen LogP contribution in [0.5, 0.6) is 11.5 Å². The molecule has 3 aromatic carbocycles. The molecule has 0 saturated carbocycles. The van der Waals surface area contributed by atoms with Crippen molar-refractivity contribution in [2.45, 2.75) is 33.3 Å². The van der Waals surface area contributed by atoms with Crippen molar-refractivity contribution in [2.75, 3.05) is 0 Å². The van der Waals surface area contributed by atoms with Gasteiger partial charge in [-0.15, -0.1) is 0 Å². The maximum atomic E-state index is 13.2. The molecule has 0 aromatic heterocycles. The number of ether oxygens (including phenoxy) is 1. The Labute approximate surface area is 207 Å². The first kappa shape index (κ1) is 23.3. The molecule has 1 aliphatic rings. The Kier molecular flexibility index (Phi) is 5.57. The molecule has 170 valence electrons. The molecule has 1 aliphatic heterocycles. The molecule has 0 radical (unpaired) electrons. The van der Waals surface area contributed by atoms with E-state index in [1.807, 2.05) is 0 Å². The summed E-state index contributed by atoms with van der Waals surface area (Å²) in [6.07, 6.45) is 0. The van der Waals surface area contributed by atoms with Crippen LogP contribution < -0.4 is 0 Å². The van der Waals surface area contributed by atoms with Gasteiger partial charge in [0.25, 0.3) is 0 Å². The number of phenolic OH excluding ortho intramolecular Hbond substituents is 2. The van der Waals surface area contributed by atoms with E-state index in [2.05, 4.69) is 31.9 Å². The molecule has 0 aliphatic carbocycles. The fourth-order valence-electron chi connectivity index (χ4n) is 4.47. The number of carbonyl (C=O) groups excluding carboxylic acids is 1. The lowest BCUT2D eigenvalue weighted by Gasteiger charge is -2.35. The Bertz CT molecular complexity index is 1310. The van der Waals surface area contributed by atoms with Gasteiger partial charge < -0.3 is 20.1 Å². The zero-order chi connectivity index (χ0) is 24.4. The van der Waals surface area contributed by atoms with E-state index in [0.717, 1.165) is 0 Å². The van der Waals surface area contributed by atoms with E-state index in [1.54, 1.807) is 27.7 Å². The standard InChI is InChI=1S/C25H20Br2O6/c1-10-12(3)21(17(26)8-19(10)28)25(22-13(4)11(2)20(29)9-18(22)27)16-7-14(23(30)31)5-6-15(16)24(32)33-25/h5-9,28-29H,1-4H3,(H,30,31). The van der Waals surface area contributed by atoms with Crippen molar-refractivity contribution >= 4 is 43.8 Å². The highest BCUT2D eigenvalue weighted by atomic mass is 79.9. The quantitative estimate of drug-likeness (QED) is 0.330. The van der Waals surface area contributed by atoms with Crippen LogP contribution in [0, 0.1) is 27.7 Å². The number of phenols is 2. The van der Waals surface area contributed by atoms with Gasteiger partial charge in [0.2, 0.25) is 0 Å². The van der Waals surface area contributed by atoms with E-state index in [0.29, 0.717) is 47.9 Å². The Morgan fingerprint density at radius 1 is 0.848 bits per heavy atom. The number of halogens is 2. The number of esters is 1. The van der Waals surface area contributed by atoms with Crippen LogP contribution in [-0.4, -0.2) is 27.3 Å². The molecule has 4 rings (SSSR count). The average Bonchev–Trinajstić information content (AvgIpc) is 3.02. The van der Waals surface area contributed by atoms with Gasteiger partial charge in [0, 0.05) is 25.6 Å². The number of hydrogen-bond acceptors (Lipinski definition) is 5. The predicted octanol–water partition coefficient (Wildman–Crippen LogP) is 6.02. The molecular formula is C25H20Br2O6. The molecule has 8 heteroatoms. The van der Waals surface area contributed by atoms with E-state index in [-0.39, 0.29) is 22.6 Å². The number of carbonyl (C=O) groups is 2. The summed E-state index contributed by atoms with van der Waals surface area (Å²) >= 11 is 7.09. The molecule has 0 atom stereocenters. The summed E-state index contributed by atoms with van der Waals surface area (Å²) in [6, 6.07) is 7.33. The van der Waals surface area contributed by atoms with Gasteiger partial charge in [0.05, 0.1) is 11.1 Å². The molecule has 0 spiro atoms. The summed E-state index contributed by atoms with van der Waals surface area (Å²) in [5, 5.41) is 30.5. The van der Waals surface area contributed by atoms with E-state index in [9.17, 15) is 24.9 Å². The van der Waals surface area contributed by atoms with E-state index in [4.69, 9.17) is 4.74 Å². The zero-order valence-electron chi connectivity index (χ0n) is 18.2. The maximum Gasteiger partial charge on any atom is 0.340 e. The molecule has 0 amide bonds. The van der Waals surface area contributed by atoms with Gasteiger partial charge in [-0.2, -0.15) is 0 Å². The largest absolute Gasteiger partial charge is 0.508 e. The fourth-order valence-corrected chi connectivity index (χ4v) is 6.06. The zero-order valence-corrected chi connectivity index (χ0v) is 21.4. The first-order chi connectivity index (χ1) is 15.4. The Morgan fingerprint density at radius 2 is 1.33 bits per heavy atom. The third kappa shape index (κ3) is 3.27. The second kappa shape index (κ2) is 7.88. The lowest BCUT2D eigenvalue weighted by Crippen LogP contribution is -2.33. The van der Waals surface area contributed by atoms with Gasteiger partial charge in [0.1, 0.15) is 11.5 Å². The van der Waals surface area contributed by atoms with Crippen LogP contribution >= 0.6 is 31.9 Å². The SMILES string of the molecule is Cc1c(O)cc(Br)c(C2(c3c(Br)cc(O)c(C)c3C)OC(=O)c3ccc(C(=O)O)cc32)c1C. The number of cyclic esters (lactones) is 1. The predicted molar refractivity (Wildman–Crippen MR) is 129 cm³/mol. The van der Waals surface area contributed by atoms with Crippen molar-refractivity contribution in [1.82, 2.24) is 0 Å². The van der Waals surface area contributed by atoms with Crippen LogP contribution in [0.25, 0.3) is 0 Å². The number of benzene rings is 3. The van der Waals surface area contributed by atoms with Crippen molar-refractivity contribution in [2.24, 2.45) is 0 Å². The smallest absolute Gasteiger partial charge is 0.340 e. The van der Waals surface area contributed by atoms with Crippen LogP contribution in [0.1, 0.15) is 59.7 Å². The average molecular weight is 576 g/mol. The molecular weight excluding hydrogens is 556 g/mol. The molecule has 0 unspecified atom stereocenters. The van der Waals surface area contributed by atoms with Crippen LogP contribution in [0.3, 0.4) is 0 Å². The first-order valence-corrected chi connectivity index (χ1v) is 11.6. The minimum absolute atomic E-state index is 0.00461. The first-order valence-electron chi connectivity index (χ1n) is 10.0. The second-order valence-corrected chi connectivity index (χ2v) is 9.85. The lowest BCUT2D eigenvalue weighted by molar-refractivity contribution is 0.0243. The second-order valence-electron chi connectivity index (χ2n) is 8.14. The minimum Gasteiger partial charge on any atom is -0.508 e. The molecule has 1 heterocycles. The van der Waals surface area contributed by atoms with Gasteiger partial charge >= 0.3 is 11.9 Å². The van der Waals surface area contributed by atoms with Gasteiger partial charge in [-0.3, -0.25) is 0 Å². The van der Waals surface area contributed by atoms with Gasteiger partial charge in [-0.25, -0.2) is 9.59 Å². The number of aromatic carboxylic acids is 1.